The van der Waals surface area contributed by atoms with E-state index >= 15 is 0 Å². The van der Waals surface area contributed by atoms with E-state index in [0.29, 0.717) is 24.5 Å². The monoisotopic (exact) mass is 508 g/mol. The van der Waals surface area contributed by atoms with Crippen molar-refractivity contribution in [1.82, 2.24) is 19.6 Å². The number of anilines is 2. The molecule has 2 N–H and O–H groups in total. The number of ether oxygens (including phenoxy) is 1. The van der Waals surface area contributed by atoms with Crippen LogP contribution in [0.2, 0.25) is 0 Å². The van der Waals surface area contributed by atoms with Gasteiger partial charge in [-0.15, -0.1) is 5.10 Å². The second kappa shape index (κ2) is 8.75. The number of aromatic nitrogens is 4. The summed E-state index contributed by atoms with van der Waals surface area (Å²) in [5.41, 5.74) is 0.423. The van der Waals surface area contributed by atoms with E-state index in [2.05, 4.69) is 25.3 Å². The number of nitrogens with one attached hydrogen (secondary N) is 1. The summed E-state index contributed by atoms with van der Waals surface area (Å²) in [5, 5.41) is 18.4. The molecule has 1 unspecified atom stereocenters. The maximum absolute atomic E-state index is 14.5. The normalized spacial score (nSPS) is 22.3. The Morgan fingerprint density at radius 1 is 1.17 bits per heavy atom. The van der Waals surface area contributed by atoms with Crippen LogP contribution in [0.15, 0.2) is 24.4 Å². The Labute approximate surface area is 205 Å². The number of fused-ring (bicyclic) bond motifs is 3. The standard InChI is InChI=1S/C24H28F4N6O2/c1-13-8-17(16(25)9-29-13)33-10-14-4-5-15(11-33)20(14)30-22-31-21-18(36-12-24(26,27)28)6-7-19(23(2,3)35)34(21)32-22/h6-9,14-15,20,35H,4-5,10-12H2,1-3H3,(H,30,32)/t14-,15+,20?. The van der Waals surface area contributed by atoms with Crippen molar-refractivity contribution in [3.05, 3.63) is 41.6 Å². The third kappa shape index (κ3) is 4.78. The van der Waals surface area contributed by atoms with Gasteiger partial charge in [0.15, 0.2) is 23.8 Å². The number of hydrogen-bond donors (Lipinski definition) is 2. The first-order valence-corrected chi connectivity index (χ1v) is 11.8. The van der Waals surface area contributed by atoms with E-state index in [-0.39, 0.29) is 41.0 Å². The molecule has 4 heterocycles. The molecule has 36 heavy (non-hydrogen) atoms. The van der Waals surface area contributed by atoms with Crippen LogP contribution >= 0.6 is 0 Å². The molecule has 2 bridgehead atoms. The summed E-state index contributed by atoms with van der Waals surface area (Å²) in [6.45, 7) is 4.78. The largest absolute Gasteiger partial charge is 0.480 e. The average Bonchev–Trinajstić information content (AvgIpc) is 3.29. The number of nitrogens with zero attached hydrogens (tertiary/aromatic N) is 5. The predicted octanol–water partition coefficient (Wildman–Crippen LogP) is 4.07. The highest BCUT2D eigenvalue weighted by Crippen LogP contribution is 2.41. The third-order valence-corrected chi connectivity index (χ3v) is 6.91. The van der Waals surface area contributed by atoms with E-state index in [1.807, 2.05) is 6.92 Å². The summed E-state index contributed by atoms with van der Waals surface area (Å²) >= 11 is 0. The molecule has 5 rings (SSSR count). The Balaban J connectivity index is 1.41. The van der Waals surface area contributed by atoms with Crippen molar-refractivity contribution in [3.63, 3.8) is 0 Å². The van der Waals surface area contributed by atoms with Gasteiger partial charge in [-0.25, -0.2) is 8.91 Å². The molecule has 3 aromatic rings. The molecular weight excluding hydrogens is 480 g/mol. The van der Waals surface area contributed by atoms with Gasteiger partial charge in [0, 0.05) is 24.8 Å². The minimum atomic E-state index is -4.51. The lowest BCUT2D eigenvalue weighted by molar-refractivity contribution is -0.153. The van der Waals surface area contributed by atoms with Crippen LogP contribution in [0, 0.1) is 24.6 Å². The van der Waals surface area contributed by atoms with Crippen molar-refractivity contribution >= 4 is 17.3 Å². The first-order valence-electron chi connectivity index (χ1n) is 11.8. The van der Waals surface area contributed by atoms with Gasteiger partial charge in [-0.1, -0.05) is 0 Å². The Morgan fingerprint density at radius 3 is 2.50 bits per heavy atom. The number of rotatable bonds is 6. The molecule has 3 atom stereocenters. The molecule has 2 aliphatic rings. The Morgan fingerprint density at radius 2 is 1.86 bits per heavy atom. The van der Waals surface area contributed by atoms with Crippen LogP contribution in [0.3, 0.4) is 0 Å². The highest BCUT2D eigenvalue weighted by molar-refractivity contribution is 5.58. The molecule has 8 nitrogen and oxygen atoms in total. The molecule has 12 heteroatoms. The summed E-state index contributed by atoms with van der Waals surface area (Å²) in [5.74, 6) is 0.224. The lowest BCUT2D eigenvalue weighted by Gasteiger charge is -2.39. The molecule has 0 aromatic carbocycles. The lowest BCUT2D eigenvalue weighted by Crippen LogP contribution is -2.48. The molecule has 0 spiro atoms. The van der Waals surface area contributed by atoms with E-state index in [1.54, 1.807) is 19.9 Å². The van der Waals surface area contributed by atoms with Crippen LogP contribution in [-0.2, 0) is 5.60 Å². The van der Waals surface area contributed by atoms with Crippen LogP contribution in [0.25, 0.3) is 5.65 Å². The summed E-state index contributed by atoms with van der Waals surface area (Å²) in [6, 6.07) is 4.62. The van der Waals surface area contributed by atoms with Gasteiger partial charge in [-0.05, 0) is 63.6 Å². The number of piperidine rings is 1. The molecular formula is C24H28F4N6O2. The number of alkyl halides is 3. The first kappa shape index (κ1) is 24.5. The van der Waals surface area contributed by atoms with E-state index in [0.717, 1.165) is 18.5 Å². The maximum Gasteiger partial charge on any atom is 0.422 e. The molecule has 0 radical (unpaired) electrons. The topological polar surface area (TPSA) is 87.8 Å². The van der Waals surface area contributed by atoms with Gasteiger partial charge in [0.05, 0.1) is 17.6 Å². The summed E-state index contributed by atoms with van der Waals surface area (Å²) in [6.07, 6.45) is -1.36. The number of hydrogen-bond acceptors (Lipinski definition) is 7. The van der Waals surface area contributed by atoms with Gasteiger partial charge in [-0.2, -0.15) is 18.2 Å². The van der Waals surface area contributed by atoms with Crippen molar-refractivity contribution in [2.75, 3.05) is 29.9 Å². The van der Waals surface area contributed by atoms with E-state index in [1.165, 1.54) is 22.8 Å². The molecule has 0 amide bonds. The Bertz CT molecular complexity index is 1260. The van der Waals surface area contributed by atoms with Crippen LogP contribution in [0.4, 0.5) is 29.2 Å². The van der Waals surface area contributed by atoms with Gasteiger partial charge in [0.1, 0.15) is 5.60 Å². The second-order valence-corrected chi connectivity index (χ2v) is 10.2. The number of pyridine rings is 2. The van der Waals surface area contributed by atoms with Crippen LogP contribution in [0.1, 0.15) is 38.1 Å². The van der Waals surface area contributed by atoms with Gasteiger partial charge in [0.2, 0.25) is 5.95 Å². The SMILES string of the molecule is Cc1cc(N2C[C@H]3CC[C@@H](C2)C3Nc2nc3c(OCC(F)(F)F)ccc(C(C)(C)O)n3n2)c(F)cn1. The van der Waals surface area contributed by atoms with Gasteiger partial charge in [-0.3, -0.25) is 4.98 Å². The van der Waals surface area contributed by atoms with Gasteiger partial charge < -0.3 is 20.1 Å². The fourth-order valence-electron chi connectivity index (χ4n) is 5.31. The molecule has 1 saturated carbocycles. The summed E-state index contributed by atoms with van der Waals surface area (Å²) in [7, 11) is 0. The fourth-order valence-corrected chi connectivity index (χ4v) is 5.31. The van der Waals surface area contributed by atoms with Crippen molar-refractivity contribution in [3.8, 4) is 5.75 Å². The molecule has 2 fully saturated rings. The zero-order valence-corrected chi connectivity index (χ0v) is 20.2. The third-order valence-electron chi connectivity index (χ3n) is 6.91. The van der Waals surface area contributed by atoms with E-state index < -0.39 is 18.4 Å². The first-order chi connectivity index (χ1) is 16.9. The van der Waals surface area contributed by atoms with Crippen molar-refractivity contribution in [2.45, 2.75) is 51.4 Å². The van der Waals surface area contributed by atoms with Crippen LogP contribution < -0.4 is 15.0 Å². The quantitative estimate of drug-likeness (QED) is 0.486. The van der Waals surface area contributed by atoms with Crippen LogP contribution in [0.5, 0.6) is 5.75 Å². The molecule has 1 saturated heterocycles. The number of aryl methyl sites for hydroxylation is 1. The summed E-state index contributed by atoms with van der Waals surface area (Å²) in [4.78, 5) is 10.5. The fraction of sp³-hybridized carbons (Fsp3) is 0.542. The average molecular weight is 509 g/mol. The highest BCUT2D eigenvalue weighted by Gasteiger charge is 2.43. The minimum Gasteiger partial charge on any atom is -0.480 e. The van der Waals surface area contributed by atoms with Gasteiger partial charge in [0.25, 0.3) is 0 Å². The summed E-state index contributed by atoms with van der Waals surface area (Å²) < 4.78 is 59.1. The second-order valence-electron chi connectivity index (χ2n) is 10.2. The van der Waals surface area contributed by atoms with E-state index in [4.69, 9.17) is 4.74 Å². The zero-order valence-electron chi connectivity index (χ0n) is 20.2. The molecule has 1 aliphatic carbocycles. The van der Waals surface area contributed by atoms with Crippen LogP contribution in [-0.4, -0.2) is 56.6 Å². The van der Waals surface area contributed by atoms with Crippen molar-refractivity contribution in [1.29, 1.82) is 0 Å². The number of halogens is 4. The maximum atomic E-state index is 14.5. The minimum absolute atomic E-state index is 0.0230. The number of aliphatic hydroxyl groups is 1. The highest BCUT2D eigenvalue weighted by atomic mass is 19.4. The van der Waals surface area contributed by atoms with Crippen molar-refractivity contribution < 1.29 is 27.4 Å². The molecule has 1 aliphatic heterocycles. The smallest absolute Gasteiger partial charge is 0.422 e. The van der Waals surface area contributed by atoms with Crippen molar-refractivity contribution in [2.24, 2.45) is 11.8 Å². The Hall–Kier alpha value is -3.15. The zero-order chi connectivity index (χ0) is 25.8. The molecule has 3 aromatic heterocycles. The Kier molecular flexibility index (Phi) is 5.97. The lowest BCUT2D eigenvalue weighted by atomic mass is 9.92. The molecule has 194 valence electrons. The predicted molar refractivity (Wildman–Crippen MR) is 125 cm³/mol. The van der Waals surface area contributed by atoms with Gasteiger partial charge >= 0.3 is 6.18 Å². The van der Waals surface area contributed by atoms with E-state index in [9.17, 15) is 22.7 Å².